The maximum absolute atomic E-state index is 11.6. The Morgan fingerprint density at radius 3 is 2.67 bits per heavy atom. The summed E-state index contributed by atoms with van der Waals surface area (Å²) in [6.07, 6.45) is 0.148. The monoisotopic (exact) mass is 250 g/mol. The molecule has 1 aromatic carbocycles. The fraction of sp³-hybridized carbons (Fsp3) is 0.182. The molecule has 0 atom stereocenters. The predicted octanol–water partition coefficient (Wildman–Crippen LogP) is 0.537. The third-order valence-corrected chi connectivity index (χ3v) is 2.58. The zero-order valence-corrected chi connectivity index (χ0v) is 9.21. The predicted molar refractivity (Wildman–Crippen MR) is 60.6 cm³/mol. The lowest BCUT2D eigenvalue weighted by Crippen LogP contribution is -2.49. The van der Waals surface area contributed by atoms with E-state index >= 15 is 0 Å². The van der Waals surface area contributed by atoms with Crippen LogP contribution in [0.15, 0.2) is 18.2 Å². The highest BCUT2D eigenvalue weighted by atomic mass is 16.4. The van der Waals surface area contributed by atoms with Gasteiger partial charge in [0.2, 0.25) is 5.91 Å². The van der Waals surface area contributed by atoms with E-state index in [4.69, 9.17) is 5.11 Å². The van der Waals surface area contributed by atoms with Crippen molar-refractivity contribution in [2.75, 3.05) is 11.4 Å². The molecular weight excluding hydrogens is 240 g/mol. The Kier molecular flexibility index (Phi) is 2.88. The van der Waals surface area contributed by atoms with E-state index in [2.05, 4.69) is 5.32 Å². The van der Waals surface area contributed by atoms with Gasteiger partial charge in [-0.3, -0.25) is 15.0 Å². The quantitative estimate of drug-likeness (QED) is 0.710. The number of hydrogen-bond acceptors (Lipinski definition) is 4. The van der Waals surface area contributed by atoms with Crippen molar-refractivity contribution in [1.29, 1.82) is 0 Å². The number of hydrogen-bond donors (Lipinski definition) is 3. The SMILES string of the molecule is O=C1CCN(c2ccc(O)c(C(=O)O)c2)C(=O)N1. The number of nitrogens with zero attached hydrogens (tertiary/aromatic N) is 1. The molecule has 1 fully saturated rings. The number of rotatable bonds is 2. The van der Waals surface area contributed by atoms with Crippen LogP contribution in [0.1, 0.15) is 16.8 Å². The van der Waals surface area contributed by atoms with E-state index < -0.39 is 12.0 Å². The van der Waals surface area contributed by atoms with Crippen LogP contribution in [-0.4, -0.2) is 34.7 Å². The number of benzene rings is 1. The van der Waals surface area contributed by atoms with Crippen LogP contribution < -0.4 is 10.2 Å². The third kappa shape index (κ3) is 2.10. The van der Waals surface area contributed by atoms with E-state index in [9.17, 15) is 19.5 Å². The fourth-order valence-electron chi connectivity index (χ4n) is 1.67. The van der Waals surface area contributed by atoms with E-state index in [0.717, 1.165) is 0 Å². The van der Waals surface area contributed by atoms with E-state index in [1.165, 1.54) is 23.1 Å². The molecule has 0 aromatic heterocycles. The number of anilines is 1. The summed E-state index contributed by atoms with van der Waals surface area (Å²) in [7, 11) is 0. The first kappa shape index (κ1) is 11.9. The summed E-state index contributed by atoms with van der Waals surface area (Å²) in [5.74, 6) is -2.03. The summed E-state index contributed by atoms with van der Waals surface area (Å²) in [5, 5.41) is 20.4. The summed E-state index contributed by atoms with van der Waals surface area (Å²) < 4.78 is 0. The number of nitrogens with one attached hydrogen (secondary N) is 1. The minimum absolute atomic E-state index is 0.148. The van der Waals surface area contributed by atoms with Crippen molar-refractivity contribution < 1.29 is 24.6 Å². The van der Waals surface area contributed by atoms with Crippen LogP contribution in [0.5, 0.6) is 5.75 Å². The minimum atomic E-state index is -1.29. The Morgan fingerprint density at radius 2 is 2.06 bits per heavy atom. The number of aromatic hydroxyl groups is 1. The minimum Gasteiger partial charge on any atom is -0.507 e. The van der Waals surface area contributed by atoms with Crippen molar-refractivity contribution in [1.82, 2.24) is 5.32 Å². The van der Waals surface area contributed by atoms with Gasteiger partial charge in [-0.1, -0.05) is 0 Å². The molecule has 7 heteroatoms. The van der Waals surface area contributed by atoms with E-state index in [1.54, 1.807) is 0 Å². The van der Waals surface area contributed by atoms with Crippen LogP contribution >= 0.6 is 0 Å². The van der Waals surface area contributed by atoms with Gasteiger partial charge in [0, 0.05) is 18.7 Å². The lowest BCUT2D eigenvalue weighted by Gasteiger charge is -2.26. The summed E-state index contributed by atoms with van der Waals surface area (Å²) in [4.78, 5) is 34.6. The van der Waals surface area contributed by atoms with Gasteiger partial charge in [-0.15, -0.1) is 0 Å². The summed E-state index contributed by atoms with van der Waals surface area (Å²) in [5.41, 5.74) is 0.0207. The fourth-order valence-corrected chi connectivity index (χ4v) is 1.67. The maximum atomic E-state index is 11.6. The molecule has 1 aromatic rings. The molecule has 1 aliphatic rings. The first-order chi connectivity index (χ1) is 8.49. The number of imide groups is 1. The van der Waals surface area contributed by atoms with Gasteiger partial charge in [-0.25, -0.2) is 9.59 Å². The summed E-state index contributed by atoms with van der Waals surface area (Å²) >= 11 is 0. The standard InChI is InChI=1S/C11H10N2O5/c14-8-2-1-6(5-7(8)10(16)17)13-4-3-9(15)12-11(13)18/h1-2,5,14H,3-4H2,(H,16,17)(H,12,15,18). The Bertz CT molecular complexity index is 540. The summed E-state index contributed by atoms with van der Waals surface area (Å²) in [6, 6.07) is 3.19. The Hall–Kier alpha value is -2.57. The van der Waals surface area contributed by atoms with Gasteiger partial charge in [0.25, 0.3) is 0 Å². The topological polar surface area (TPSA) is 107 Å². The van der Waals surface area contributed by atoms with E-state index in [-0.39, 0.29) is 30.2 Å². The first-order valence-corrected chi connectivity index (χ1v) is 5.16. The Morgan fingerprint density at radius 1 is 1.33 bits per heavy atom. The largest absolute Gasteiger partial charge is 0.507 e. The van der Waals surface area contributed by atoms with Crippen LogP contribution in [-0.2, 0) is 4.79 Å². The second-order valence-electron chi connectivity index (χ2n) is 3.76. The maximum Gasteiger partial charge on any atom is 0.339 e. The van der Waals surface area contributed by atoms with Crippen molar-refractivity contribution in [2.24, 2.45) is 0 Å². The number of urea groups is 1. The smallest absolute Gasteiger partial charge is 0.339 e. The zero-order valence-electron chi connectivity index (χ0n) is 9.21. The van der Waals surface area contributed by atoms with Crippen molar-refractivity contribution in [3.63, 3.8) is 0 Å². The van der Waals surface area contributed by atoms with Crippen LogP contribution in [0, 0.1) is 0 Å². The second-order valence-corrected chi connectivity index (χ2v) is 3.76. The highest BCUT2D eigenvalue weighted by Crippen LogP contribution is 2.25. The van der Waals surface area contributed by atoms with E-state index in [1.807, 2.05) is 0 Å². The molecule has 0 spiro atoms. The van der Waals surface area contributed by atoms with Crippen LogP contribution in [0.25, 0.3) is 0 Å². The molecule has 1 aliphatic heterocycles. The number of carbonyl (C=O) groups excluding carboxylic acids is 2. The number of carbonyl (C=O) groups is 3. The van der Waals surface area contributed by atoms with Crippen LogP contribution in [0.2, 0.25) is 0 Å². The molecule has 94 valence electrons. The molecule has 3 amide bonds. The van der Waals surface area contributed by atoms with Crippen LogP contribution in [0.4, 0.5) is 10.5 Å². The second kappa shape index (κ2) is 4.36. The van der Waals surface area contributed by atoms with Gasteiger partial charge in [-0.2, -0.15) is 0 Å². The van der Waals surface area contributed by atoms with E-state index in [0.29, 0.717) is 5.69 Å². The van der Waals surface area contributed by atoms with Crippen molar-refractivity contribution in [2.45, 2.75) is 6.42 Å². The molecule has 7 nitrogen and oxygen atoms in total. The third-order valence-electron chi connectivity index (χ3n) is 2.58. The van der Waals surface area contributed by atoms with Gasteiger partial charge in [-0.05, 0) is 18.2 Å². The zero-order chi connectivity index (χ0) is 13.3. The van der Waals surface area contributed by atoms with Gasteiger partial charge < -0.3 is 10.2 Å². The lowest BCUT2D eigenvalue weighted by molar-refractivity contribution is -0.120. The molecule has 1 heterocycles. The highest BCUT2D eigenvalue weighted by Gasteiger charge is 2.25. The number of carboxylic acid groups (broad SMARTS) is 1. The molecular formula is C11H10N2O5. The molecule has 0 unspecified atom stereocenters. The summed E-state index contributed by atoms with van der Waals surface area (Å²) in [6.45, 7) is 0.175. The Balaban J connectivity index is 2.34. The highest BCUT2D eigenvalue weighted by molar-refractivity contribution is 6.06. The average molecular weight is 250 g/mol. The lowest BCUT2D eigenvalue weighted by atomic mass is 10.1. The normalized spacial score (nSPS) is 15.4. The first-order valence-electron chi connectivity index (χ1n) is 5.16. The Labute approximate surface area is 102 Å². The van der Waals surface area contributed by atoms with Crippen molar-refractivity contribution >= 4 is 23.6 Å². The van der Waals surface area contributed by atoms with Gasteiger partial charge in [0.05, 0.1) is 0 Å². The number of aromatic carboxylic acids is 1. The molecule has 0 bridgehead atoms. The molecule has 0 aliphatic carbocycles. The van der Waals surface area contributed by atoms with Gasteiger partial charge in [0.1, 0.15) is 11.3 Å². The van der Waals surface area contributed by atoms with Gasteiger partial charge in [0.15, 0.2) is 0 Å². The average Bonchev–Trinajstić information content (AvgIpc) is 2.30. The molecule has 3 N–H and O–H groups in total. The van der Waals surface area contributed by atoms with Gasteiger partial charge >= 0.3 is 12.0 Å². The number of amides is 3. The molecule has 2 rings (SSSR count). The molecule has 0 radical (unpaired) electrons. The number of carboxylic acids is 1. The molecule has 0 saturated carbocycles. The number of phenols is 1. The molecule has 1 saturated heterocycles. The van der Waals surface area contributed by atoms with Crippen molar-refractivity contribution in [3.05, 3.63) is 23.8 Å². The molecule has 18 heavy (non-hydrogen) atoms. The van der Waals surface area contributed by atoms with Crippen molar-refractivity contribution in [3.8, 4) is 5.75 Å². The van der Waals surface area contributed by atoms with Crippen LogP contribution in [0.3, 0.4) is 0 Å².